The van der Waals surface area contributed by atoms with Crippen LogP contribution in [0.2, 0.25) is 0 Å². The number of rotatable bonds is 6. The van der Waals surface area contributed by atoms with Gasteiger partial charge in [-0.3, -0.25) is 0 Å². The first-order chi connectivity index (χ1) is 8.01. The Morgan fingerprint density at radius 1 is 1.41 bits per heavy atom. The molecule has 0 amide bonds. The highest BCUT2D eigenvalue weighted by atomic mass is 32.2. The standard InChI is InChI=1S/C11H17NO3S2/c1-3-16-6-7-17(13,14)11-5-4-9(12)8-10(11)15-2/h4-5,8H,3,6-7,12H2,1-2H3. The summed E-state index contributed by atoms with van der Waals surface area (Å²) in [6.45, 7) is 2.00. The largest absolute Gasteiger partial charge is 0.495 e. The predicted molar refractivity (Wildman–Crippen MR) is 72.5 cm³/mol. The van der Waals surface area contributed by atoms with Gasteiger partial charge in [-0.05, 0) is 17.9 Å². The quantitative estimate of drug-likeness (QED) is 0.633. The van der Waals surface area contributed by atoms with Gasteiger partial charge in [-0.25, -0.2) is 8.42 Å². The van der Waals surface area contributed by atoms with E-state index < -0.39 is 9.84 Å². The van der Waals surface area contributed by atoms with Gasteiger partial charge in [0.15, 0.2) is 9.84 Å². The van der Waals surface area contributed by atoms with E-state index in [2.05, 4.69) is 0 Å². The van der Waals surface area contributed by atoms with Gasteiger partial charge in [0, 0.05) is 17.5 Å². The van der Waals surface area contributed by atoms with E-state index in [1.54, 1.807) is 17.8 Å². The summed E-state index contributed by atoms with van der Waals surface area (Å²) in [7, 11) is -1.85. The fourth-order valence-corrected chi connectivity index (χ4v) is 3.95. The van der Waals surface area contributed by atoms with Gasteiger partial charge in [0.2, 0.25) is 0 Å². The third-order valence-electron chi connectivity index (χ3n) is 2.22. The SMILES string of the molecule is CCSCCS(=O)(=O)c1ccc(N)cc1OC. The van der Waals surface area contributed by atoms with Crippen LogP contribution < -0.4 is 10.5 Å². The van der Waals surface area contributed by atoms with Crippen molar-refractivity contribution in [2.24, 2.45) is 0 Å². The molecule has 6 heteroatoms. The van der Waals surface area contributed by atoms with Crippen LogP contribution in [0.4, 0.5) is 5.69 Å². The van der Waals surface area contributed by atoms with Crippen LogP contribution in [0.5, 0.6) is 5.75 Å². The lowest BCUT2D eigenvalue weighted by molar-refractivity contribution is 0.403. The van der Waals surface area contributed by atoms with Crippen LogP contribution in [0.1, 0.15) is 6.92 Å². The summed E-state index contributed by atoms with van der Waals surface area (Å²) in [5, 5.41) is 0. The van der Waals surface area contributed by atoms with E-state index >= 15 is 0 Å². The second-order valence-electron chi connectivity index (χ2n) is 3.43. The molecule has 0 fully saturated rings. The monoisotopic (exact) mass is 275 g/mol. The third-order valence-corrected chi connectivity index (χ3v) is 5.13. The molecule has 0 atom stereocenters. The van der Waals surface area contributed by atoms with Crippen molar-refractivity contribution < 1.29 is 13.2 Å². The molecule has 0 aliphatic carbocycles. The zero-order valence-corrected chi connectivity index (χ0v) is 11.6. The summed E-state index contributed by atoms with van der Waals surface area (Å²) in [5.41, 5.74) is 6.08. The third kappa shape index (κ3) is 3.81. The fraction of sp³-hybridized carbons (Fsp3) is 0.455. The van der Waals surface area contributed by atoms with E-state index in [1.165, 1.54) is 19.2 Å². The second-order valence-corrected chi connectivity index (χ2v) is 6.90. The van der Waals surface area contributed by atoms with Gasteiger partial charge in [-0.15, -0.1) is 0 Å². The first kappa shape index (κ1) is 14.2. The zero-order chi connectivity index (χ0) is 12.9. The number of methoxy groups -OCH3 is 1. The lowest BCUT2D eigenvalue weighted by Crippen LogP contribution is -2.10. The highest BCUT2D eigenvalue weighted by Gasteiger charge is 2.19. The Morgan fingerprint density at radius 3 is 2.71 bits per heavy atom. The molecule has 0 radical (unpaired) electrons. The number of sulfone groups is 1. The predicted octanol–water partition coefficient (Wildman–Crippen LogP) is 1.80. The Bertz CT molecular complexity index is 472. The number of benzene rings is 1. The molecular weight excluding hydrogens is 258 g/mol. The van der Waals surface area contributed by atoms with Crippen LogP contribution >= 0.6 is 11.8 Å². The summed E-state index contributed by atoms with van der Waals surface area (Å²) in [6, 6.07) is 4.60. The van der Waals surface area contributed by atoms with Crippen LogP contribution in [0, 0.1) is 0 Å². The highest BCUT2D eigenvalue weighted by Crippen LogP contribution is 2.27. The van der Waals surface area contributed by atoms with Gasteiger partial charge in [0.05, 0.1) is 12.9 Å². The molecular formula is C11H17NO3S2. The van der Waals surface area contributed by atoms with Crippen LogP contribution in [-0.4, -0.2) is 32.8 Å². The van der Waals surface area contributed by atoms with E-state index in [0.717, 1.165) is 5.75 Å². The summed E-state index contributed by atoms with van der Waals surface area (Å²) < 4.78 is 29.2. The smallest absolute Gasteiger partial charge is 0.182 e. The molecule has 2 N–H and O–H groups in total. The minimum atomic E-state index is -3.29. The molecule has 0 saturated carbocycles. The Labute approximate surface area is 106 Å². The van der Waals surface area contributed by atoms with Crippen LogP contribution in [0.15, 0.2) is 23.1 Å². The molecule has 0 aliphatic rings. The topological polar surface area (TPSA) is 69.4 Å². The summed E-state index contributed by atoms with van der Waals surface area (Å²) in [6.07, 6.45) is 0. The number of thioether (sulfide) groups is 1. The van der Waals surface area contributed by atoms with E-state index in [-0.39, 0.29) is 10.6 Å². The molecule has 96 valence electrons. The number of ether oxygens (including phenoxy) is 1. The number of anilines is 1. The van der Waals surface area contributed by atoms with Gasteiger partial charge in [-0.1, -0.05) is 6.92 Å². The second kappa shape index (κ2) is 6.16. The Kier molecular flexibility index (Phi) is 5.14. The molecule has 0 unspecified atom stereocenters. The highest BCUT2D eigenvalue weighted by molar-refractivity contribution is 8.00. The lowest BCUT2D eigenvalue weighted by atomic mass is 10.3. The molecule has 0 saturated heterocycles. The van der Waals surface area contributed by atoms with Crippen molar-refractivity contribution in [3.05, 3.63) is 18.2 Å². The molecule has 1 aromatic rings. The van der Waals surface area contributed by atoms with E-state index in [1.807, 2.05) is 6.92 Å². The maximum absolute atomic E-state index is 12.1. The minimum Gasteiger partial charge on any atom is -0.495 e. The number of nitrogen functional groups attached to an aromatic ring is 1. The van der Waals surface area contributed by atoms with Crippen LogP contribution in [-0.2, 0) is 9.84 Å². The normalized spacial score (nSPS) is 11.4. The molecule has 17 heavy (non-hydrogen) atoms. The van der Waals surface area contributed by atoms with Crippen molar-refractivity contribution in [1.29, 1.82) is 0 Å². The number of nitrogens with two attached hydrogens (primary N) is 1. The summed E-state index contributed by atoms with van der Waals surface area (Å²) >= 11 is 1.60. The molecule has 0 spiro atoms. The van der Waals surface area contributed by atoms with Gasteiger partial charge in [-0.2, -0.15) is 11.8 Å². The van der Waals surface area contributed by atoms with Crippen LogP contribution in [0.25, 0.3) is 0 Å². The first-order valence-electron chi connectivity index (χ1n) is 5.25. The van der Waals surface area contributed by atoms with Crippen molar-refractivity contribution in [3.63, 3.8) is 0 Å². The fourth-order valence-electron chi connectivity index (χ4n) is 1.36. The van der Waals surface area contributed by atoms with E-state index in [9.17, 15) is 8.42 Å². The van der Waals surface area contributed by atoms with Gasteiger partial charge < -0.3 is 10.5 Å². The average Bonchev–Trinajstić information content (AvgIpc) is 2.28. The molecule has 1 aromatic carbocycles. The lowest BCUT2D eigenvalue weighted by Gasteiger charge is -2.09. The summed E-state index contributed by atoms with van der Waals surface area (Å²) in [4.78, 5) is 0.214. The summed E-state index contributed by atoms with van der Waals surface area (Å²) in [5.74, 6) is 1.93. The Balaban J connectivity index is 2.98. The van der Waals surface area contributed by atoms with Crippen LogP contribution in [0.3, 0.4) is 0 Å². The van der Waals surface area contributed by atoms with Gasteiger partial charge in [0.1, 0.15) is 10.6 Å². The molecule has 0 heterocycles. The maximum Gasteiger partial charge on any atom is 0.182 e. The Morgan fingerprint density at radius 2 is 2.12 bits per heavy atom. The van der Waals surface area contributed by atoms with Crippen molar-refractivity contribution in [2.75, 3.05) is 30.1 Å². The molecule has 1 rings (SSSR count). The first-order valence-corrected chi connectivity index (χ1v) is 8.06. The zero-order valence-electron chi connectivity index (χ0n) is 9.97. The average molecular weight is 275 g/mol. The maximum atomic E-state index is 12.1. The van der Waals surface area contributed by atoms with Gasteiger partial charge in [0.25, 0.3) is 0 Å². The molecule has 4 nitrogen and oxygen atoms in total. The van der Waals surface area contributed by atoms with E-state index in [4.69, 9.17) is 10.5 Å². The Hall–Kier alpha value is -0.880. The number of hydrogen-bond acceptors (Lipinski definition) is 5. The molecule has 0 aliphatic heterocycles. The molecule has 0 bridgehead atoms. The van der Waals surface area contributed by atoms with Crippen molar-refractivity contribution in [1.82, 2.24) is 0 Å². The minimum absolute atomic E-state index is 0.117. The molecule has 0 aromatic heterocycles. The van der Waals surface area contributed by atoms with Crippen molar-refractivity contribution in [2.45, 2.75) is 11.8 Å². The van der Waals surface area contributed by atoms with E-state index in [0.29, 0.717) is 17.2 Å². The van der Waals surface area contributed by atoms with Crippen molar-refractivity contribution >= 4 is 27.3 Å². The van der Waals surface area contributed by atoms with Crippen molar-refractivity contribution in [3.8, 4) is 5.75 Å². The van der Waals surface area contributed by atoms with Gasteiger partial charge >= 0.3 is 0 Å². The number of hydrogen-bond donors (Lipinski definition) is 1.